The van der Waals surface area contributed by atoms with Crippen LogP contribution in [0.3, 0.4) is 0 Å². The maximum atomic E-state index is 12.9. The molecular formula is C20H21N3O4. The summed E-state index contributed by atoms with van der Waals surface area (Å²) >= 11 is 0. The van der Waals surface area contributed by atoms with Crippen LogP contribution in [-0.4, -0.2) is 59.7 Å². The molecule has 0 atom stereocenters. The molecule has 1 N–H and O–H groups in total. The van der Waals surface area contributed by atoms with E-state index in [1.807, 2.05) is 30.3 Å². The van der Waals surface area contributed by atoms with Crippen LogP contribution in [0, 0.1) is 0 Å². The number of amides is 3. The van der Waals surface area contributed by atoms with Gasteiger partial charge in [0.25, 0.3) is 5.91 Å². The lowest BCUT2D eigenvalue weighted by Gasteiger charge is -2.34. The maximum Gasteiger partial charge on any atom is 0.312 e. The van der Waals surface area contributed by atoms with E-state index in [9.17, 15) is 14.4 Å². The number of rotatable bonds is 3. The Hall–Kier alpha value is -3.09. The average Bonchev–Trinajstić information content (AvgIpc) is 3.39. The first-order valence-electron chi connectivity index (χ1n) is 9.15. The molecule has 2 fully saturated rings. The Morgan fingerprint density at radius 2 is 1.59 bits per heavy atom. The number of piperazine rings is 1. The van der Waals surface area contributed by atoms with E-state index in [1.165, 1.54) is 11.2 Å². The normalized spacial score (nSPS) is 16.9. The van der Waals surface area contributed by atoms with Crippen molar-refractivity contribution in [3.05, 3.63) is 48.4 Å². The largest absolute Gasteiger partial charge is 0.459 e. The molecule has 3 amide bonds. The van der Waals surface area contributed by atoms with Crippen LogP contribution in [0.1, 0.15) is 23.4 Å². The quantitative estimate of drug-likeness (QED) is 0.834. The van der Waals surface area contributed by atoms with Crippen molar-refractivity contribution in [3.63, 3.8) is 0 Å². The highest BCUT2D eigenvalue weighted by atomic mass is 16.3. The van der Waals surface area contributed by atoms with E-state index in [2.05, 4.69) is 5.32 Å². The molecule has 2 heterocycles. The van der Waals surface area contributed by atoms with E-state index < -0.39 is 11.8 Å². The van der Waals surface area contributed by atoms with Crippen molar-refractivity contribution in [2.24, 2.45) is 0 Å². The van der Waals surface area contributed by atoms with E-state index in [0.29, 0.717) is 31.9 Å². The third-order valence-corrected chi connectivity index (χ3v) is 4.91. The molecule has 1 aromatic heterocycles. The summed E-state index contributed by atoms with van der Waals surface area (Å²) in [6.45, 7) is 1.42. The summed E-state index contributed by atoms with van der Waals surface area (Å²) in [6.07, 6.45) is 3.39. The SMILES string of the molecule is O=C(NC1CC1)C(=O)N1CCN(C(=O)c2occc2-c2ccccc2)CC1. The fraction of sp³-hybridized carbons (Fsp3) is 0.350. The summed E-state index contributed by atoms with van der Waals surface area (Å²) < 4.78 is 5.46. The standard InChI is InChI=1S/C20H21N3O4/c24-18(21-15-6-7-15)20(26)23-11-9-22(10-12-23)19(25)17-16(8-13-27-17)14-4-2-1-3-5-14/h1-5,8,13,15H,6-7,9-12H2,(H,21,24). The van der Waals surface area contributed by atoms with Crippen molar-refractivity contribution in [2.75, 3.05) is 26.2 Å². The van der Waals surface area contributed by atoms with Gasteiger partial charge in [-0.3, -0.25) is 14.4 Å². The predicted molar refractivity (Wildman–Crippen MR) is 97.8 cm³/mol. The third-order valence-electron chi connectivity index (χ3n) is 4.91. The van der Waals surface area contributed by atoms with E-state index in [-0.39, 0.29) is 11.9 Å². The van der Waals surface area contributed by atoms with Gasteiger partial charge >= 0.3 is 11.8 Å². The zero-order chi connectivity index (χ0) is 18.8. The maximum absolute atomic E-state index is 12.9. The highest BCUT2D eigenvalue weighted by Gasteiger charge is 2.32. The molecule has 7 heteroatoms. The molecule has 27 heavy (non-hydrogen) atoms. The molecule has 2 aromatic rings. The van der Waals surface area contributed by atoms with Gasteiger partial charge in [-0.15, -0.1) is 0 Å². The number of nitrogens with one attached hydrogen (secondary N) is 1. The molecule has 140 valence electrons. The van der Waals surface area contributed by atoms with Gasteiger partial charge in [0.2, 0.25) is 0 Å². The van der Waals surface area contributed by atoms with Crippen LogP contribution in [0.4, 0.5) is 0 Å². The summed E-state index contributed by atoms with van der Waals surface area (Å²) in [5.41, 5.74) is 1.67. The molecule has 7 nitrogen and oxygen atoms in total. The Morgan fingerprint density at radius 3 is 2.26 bits per heavy atom. The summed E-state index contributed by atoms with van der Waals surface area (Å²) in [5.74, 6) is -0.965. The molecule has 1 aromatic carbocycles. The van der Waals surface area contributed by atoms with Crippen LogP contribution >= 0.6 is 0 Å². The number of carbonyl (C=O) groups excluding carboxylic acids is 3. The Labute approximate surface area is 156 Å². The van der Waals surface area contributed by atoms with Crippen molar-refractivity contribution >= 4 is 17.7 Å². The van der Waals surface area contributed by atoms with Crippen LogP contribution in [-0.2, 0) is 9.59 Å². The number of furan rings is 1. The first-order valence-corrected chi connectivity index (χ1v) is 9.15. The highest BCUT2D eigenvalue weighted by Crippen LogP contribution is 2.26. The number of hydrogen-bond donors (Lipinski definition) is 1. The predicted octanol–water partition coefficient (Wildman–Crippen LogP) is 1.51. The minimum absolute atomic E-state index is 0.152. The number of hydrogen-bond acceptors (Lipinski definition) is 4. The summed E-state index contributed by atoms with van der Waals surface area (Å²) in [6, 6.07) is 11.5. The molecule has 4 rings (SSSR count). The first kappa shape index (κ1) is 17.3. The molecule has 2 aliphatic rings. The molecule has 0 bridgehead atoms. The minimum atomic E-state index is -0.547. The fourth-order valence-corrected chi connectivity index (χ4v) is 3.19. The monoisotopic (exact) mass is 367 g/mol. The van der Waals surface area contributed by atoms with E-state index in [4.69, 9.17) is 4.42 Å². The van der Waals surface area contributed by atoms with Gasteiger partial charge in [-0.05, 0) is 24.5 Å². The van der Waals surface area contributed by atoms with Crippen molar-refractivity contribution in [2.45, 2.75) is 18.9 Å². The Balaban J connectivity index is 1.39. The van der Waals surface area contributed by atoms with Gasteiger partial charge in [0.15, 0.2) is 5.76 Å². The van der Waals surface area contributed by atoms with Gasteiger partial charge in [0.05, 0.1) is 6.26 Å². The Kier molecular flexibility index (Phi) is 4.66. The number of nitrogens with zero attached hydrogens (tertiary/aromatic N) is 2. The second kappa shape index (κ2) is 7.26. The number of benzene rings is 1. The number of carbonyl (C=O) groups is 3. The molecule has 1 saturated heterocycles. The van der Waals surface area contributed by atoms with E-state index in [1.54, 1.807) is 11.0 Å². The average molecular weight is 367 g/mol. The van der Waals surface area contributed by atoms with Crippen LogP contribution in [0.5, 0.6) is 0 Å². The molecule has 0 radical (unpaired) electrons. The lowest BCUT2D eigenvalue weighted by Crippen LogP contribution is -2.54. The zero-order valence-corrected chi connectivity index (χ0v) is 14.9. The van der Waals surface area contributed by atoms with Crippen LogP contribution in [0.2, 0.25) is 0 Å². The fourth-order valence-electron chi connectivity index (χ4n) is 3.19. The lowest BCUT2D eigenvalue weighted by molar-refractivity contribution is -0.146. The second-order valence-electron chi connectivity index (χ2n) is 6.86. The topological polar surface area (TPSA) is 82.9 Å². The van der Waals surface area contributed by atoms with E-state index >= 15 is 0 Å². The summed E-state index contributed by atoms with van der Waals surface area (Å²) in [7, 11) is 0. The zero-order valence-electron chi connectivity index (χ0n) is 14.9. The molecule has 1 aliphatic heterocycles. The lowest BCUT2D eigenvalue weighted by atomic mass is 10.1. The molecule has 1 aliphatic carbocycles. The van der Waals surface area contributed by atoms with E-state index in [0.717, 1.165) is 24.0 Å². The smallest absolute Gasteiger partial charge is 0.312 e. The molecule has 1 saturated carbocycles. The summed E-state index contributed by atoms with van der Waals surface area (Å²) in [5, 5.41) is 2.71. The van der Waals surface area contributed by atoms with Gasteiger partial charge in [0, 0.05) is 37.8 Å². The van der Waals surface area contributed by atoms with Gasteiger partial charge in [-0.25, -0.2) is 0 Å². The van der Waals surface area contributed by atoms with Crippen LogP contribution < -0.4 is 5.32 Å². The van der Waals surface area contributed by atoms with Gasteiger partial charge in [-0.2, -0.15) is 0 Å². The molecule has 0 unspecified atom stereocenters. The van der Waals surface area contributed by atoms with Gasteiger partial charge in [-0.1, -0.05) is 30.3 Å². The van der Waals surface area contributed by atoms with Crippen molar-refractivity contribution in [3.8, 4) is 11.1 Å². The van der Waals surface area contributed by atoms with Gasteiger partial charge in [0.1, 0.15) is 0 Å². The van der Waals surface area contributed by atoms with Crippen molar-refractivity contribution in [1.82, 2.24) is 15.1 Å². The molecular weight excluding hydrogens is 346 g/mol. The van der Waals surface area contributed by atoms with Gasteiger partial charge < -0.3 is 19.5 Å². The van der Waals surface area contributed by atoms with Crippen molar-refractivity contribution < 1.29 is 18.8 Å². The molecule has 0 spiro atoms. The van der Waals surface area contributed by atoms with Crippen LogP contribution in [0.25, 0.3) is 11.1 Å². The van der Waals surface area contributed by atoms with Crippen LogP contribution in [0.15, 0.2) is 47.1 Å². The van der Waals surface area contributed by atoms with Crippen molar-refractivity contribution in [1.29, 1.82) is 0 Å². The third kappa shape index (κ3) is 3.72. The highest BCUT2D eigenvalue weighted by molar-refractivity contribution is 6.35. The first-order chi connectivity index (χ1) is 13.1. The Bertz CT molecular complexity index is 849. The second-order valence-corrected chi connectivity index (χ2v) is 6.86. The minimum Gasteiger partial charge on any atom is -0.459 e. The Morgan fingerprint density at radius 1 is 0.926 bits per heavy atom. The summed E-state index contributed by atoms with van der Waals surface area (Å²) in [4.78, 5) is 40.1.